The van der Waals surface area contributed by atoms with Gasteiger partial charge in [0.2, 0.25) is 11.8 Å². The molecule has 1 spiro atoms. The minimum Gasteiger partial charge on any atom is -0.394 e. The number of hydrogen-bond acceptors (Lipinski definition) is 6. The van der Waals surface area contributed by atoms with Gasteiger partial charge in [-0.05, 0) is 69.4 Å². The Morgan fingerprint density at radius 1 is 1.00 bits per heavy atom. The molecule has 2 aromatic carbocycles. The summed E-state index contributed by atoms with van der Waals surface area (Å²) in [4.78, 5) is 51.2. The number of carbonyl (C=O) groups is 3. The predicted octanol–water partition coefficient (Wildman–Crippen LogP) is 4.45. The summed E-state index contributed by atoms with van der Waals surface area (Å²) in [5, 5.41) is 10.8. The van der Waals surface area contributed by atoms with Gasteiger partial charge in [-0.15, -0.1) is 13.2 Å². The van der Waals surface area contributed by atoms with Crippen molar-refractivity contribution >= 4 is 29.1 Å². The Morgan fingerprint density at radius 3 is 2.26 bits per heavy atom. The number of benzene rings is 2. The zero-order valence-electron chi connectivity index (χ0n) is 28.1. The highest BCUT2D eigenvalue weighted by atomic mass is 16.5. The molecule has 2 unspecified atom stereocenters. The number of fused-ring (bicyclic) bond motifs is 1. The first-order valence-corrected chi connectivity index (χ1v) is 17.1. The van der Waals surface area contributed by atoms with E-state index in [1.807, 2.05) is 61.5 Å². The molecule has 0 aliphatic carbocycles. The van der Waals surface area contributed by atoms with Crippen LogP contribution in [0.4, 0.5) is 11.4 Å². The van der Waals surface area contributed by atoms with Crippen molar-refractivity contribution in [3.8, 4) is 0 Å². The SMILES string of the molecule is C=CCN(CCC)C(=O)[C@@H]1[C@H]2C(=O)N([C@@H](CO)Cc3ccccc3)C(C(=O)N(CC=C)c3ccc(N(CC)CC)cc3)C23CC[C@H]1O3. The summed E-state index contributed by atoms with van der Waals surface area (Å²) in [7, 11) is 0. The fourth-order valence-corrected chi connectivity index (χ4v) is 8.14. The van der Waals surface area contributed by atoms with Crippen LogP contribution in [0.5, 0.6) is 0 Å². The van der Waals surface area contributed by atoms with Crippen molar-refractivity contribution in [2.24, 2.45) is 11.8 Å². The Morgan fingerprint density at radius 2 is 1.66 bits per heavy atom. The second kappa shape index (κ2) is 14.9. The number of aliphatic hydroxyl groups is 1. The van der Waals surface area contributed by atoms with Crippen molar-refractivity contribution in [3.05, 3.63) is 85.5 Å². The third-order valence-corrected chi connectivity index (χ3v) is 10.2. The quantitative estimate of drug-likeness (QED) is 0.272. The molecule has 2 bridgehead atoms. The van der Waals surface area contributed by atoms with Gasteiger partial charge in [0.1, 0.15) is 11.6 Å². The van der Waals surface area contributed by atoms with Crippen molar-refractivity contribution in [1.82, 2.24) is 9.80 Å². The average molecular weight is 643 g/mol. The van der Waals surface area contributed by atoms with Gasteiger partial charge in [-0.3, -0.25) is 14.4 Å². The topological polar surface area (TPSA) is 93.6 Å². The number of hydrogen-bond donors (Lipinski definition) is 1. The maximum absolute atomic E-state index is 15.0. The lowest BCUT2D eigenvalue weighted by Gasteiger charge is -2.39. The lowest BCUT2D eigenvalue weighted by Crippen LogP contribution is -2.59. The molecule has 3 heterocycles. The van der Waals surface area contributed by atoms with Crippen LogP contribution in [0.3, 0.4) is 0 Å². The number of anilines is 2. The van der Waals surface area contributed by atoms with Crippen molar-refractivity contribution in [2.75, 3.05) is 49.1 Å². The van der Waals surface area contributed by atoms with Gasteiger partial charge in [-0.25, -0.2) is 0 Å². The summed E-state index contributed by atoms with van der Waals surface area (Å²) >= 11 is 0. The van der Waals surface area contributed by atoms with Crippen LogP contribution in [0.2, 0.25) is 0 Å². The largest absolute Gasteiger partial charge is 0.394 e. The number of rotatable bonds is 16. The zero-order chi connectivity index (χ0) is 33.7. The smallest absolute Gasteiger partial charge is 0.253 e. The van der Waals surface area contributed by atoms with E-state index in [1.54, 1.807) is 26.9 Å². The monoisotopic (exact) mass is 642 g/mol. The van der Waals surface area contributed by atoms with Gasteiger partial charge in [0.25, 0.3) is 5.91 Å². The van der Waals surface area contributed by atoms with Gasteiger partial charge < -0.3 is 29.4 Å². The number of ether oxygens (including phenoxy) is 1. The van der Waals surface area contributed by atoms with Crippen LogP contribution < -0.4 is 9.80 Å². The summed E-state index contributed by atoms with van der Waals surface area (Å²) in [5.41, 5.74) is 1.49. The molecule has 9 nitrogen and oxygen atoms in total. The molecule has 0 aromatic heterocycles. The highest BCUT2D eigenvalue weighted by Crippen LogP contribution is 2.59. The molecule has 3 amide bonds. The minimum atomic E-state index is -1.18. The number of nitrogens with zero attached hydrogens (tertiary/aromatic N) is 4. The number of amides is 3. The first-order chi connectivity index (χ1) is 22.8. The Kier molecular flexibility index (Phi) is 10.9. The van der Waals surface area contributed by atoms with Crippen molar-refractivity contribution < 1.29 is 24.2 Å². The van der Waals surface area contributed by atoms with E-state index in [-0.39, 0.29) is 30.9 Å². The molecular formula is C38H50N4O5. The Hall–Kier alpha value is -3.95. The van der Waals surface area contributed by atoms with Gasteiger partial charge in [0, 0.05) is 44.1 Å². The minimum absolute atomic E-state index is 0.136. The molecule has 47 heavy (non-hydrogen) atoms. The summed E-state index contributed by atoms with van der Waals surface area (Å²) < 4.78 is 6.75. The van der Waals surface area contributed by atoms with Crippen LogP contribution in [0.1, 0.15) is 45.6 Å². The van der Waals surface area contributed by atoms with Gasteiger partial charge in [0.15, 0.2) is 0 Å². The molecule has 3 fully saturated rings. The summed E-state index contributed by atoms with van der Waals surface area (Å²) in [6.45, 7) is 16.5. The molecule has 252 valence electrons. The van der Waals surface area contributed by atoms with E-state index in [9.17, 15) is 14.7 Å². The fraction of sp³-hybridized carbons (Fsp3) is 0.500. The molecule has 2 aromatic rings. The lowest BCUT2D eigenvalue weighted by atomic mass is 9.70. The highest BCUT2D eigenvalue weighted by molar-refractivity contribution is 6.05. The number of likely N-dealkylation sites (tertiary alicyclic amines) is 1. The van der Waals surface area contributed by atoms with E-state index in [4.69, 9.17) is 4.74 Å². The zero-order valence-corrected chi connectivity index (χ0v) is 28.1. The maximum atomic E-state index is 15.0. The van der Waals surface area contributed by atoms with E-state index in [0.717, 1.165) is 30.8 Å². The van der Waals surface area contributed by atoms with E-state index < -0.39 is 35.6 Å². The molecule has 0 saturated carbocycles. The molecule has 3 aliphatic rings. The molecule has 5 rings (SSSR count). The molecular weight excluding hydrogens is 592 g/mol. The lowest BCUT2D eigenvalue weighted by molar-refractivity contribution is -0.147. The van der Waals surface area contributed by atoms with E-state index in [2.05, 4.69) is 31.9 Å². The Bertz CT molecular complexity index is 1430. The fourth-order valence-electron chi connectivity index (χ4n) is 8.14. The third-order valence-electron chi connectivity index (χ3n) is 10.2. The summed E-state index contributed by atoms with van der Waals surface area (Å²) in [6.07, 6.45) is 5.10. The summed E-state index contributed by atoms with van der Waals surface area (Å²) in [6, 6.07) is 15.8. The van der Waals surface area contributed by atoms with Gasteiger partial charge in [0.05, 0.1) is 30.6 Å². The van der Waals surface area contributed by atoms with Gasteiger partial charge in [-0.1, -0.05) is 49.4 Å². The maximum Gasteiger partial charge on any atom is 0.253 e. The summed E-state index contributed by atoms with van der Waals surface area (Å²) in [5.74, 6) is -2.27. The normalized spacial score (nSPS) is 24.9. The molecule has 1 N–H and O–H groups in total. The van der Waals surface area contributed by atoms with Crippen LogP contribution in [0.15, 0.2) is 79.9 Å². The molecule has 3 saturated heterocycles. The molecule has 9 heteroatoms. The Balaban J connectivity index is 1.58. The van der Waals surface area contributed by atoms with Crippen LogP contribution >= 0.6 is 0 Å². The molecule has 0 radical (unpaired) electrons. The van der Waals surface area contributed by atoms with E-state index >= 15 is 4.79 Å². The Labute approximate surface area is 279 Å². The van der Waals surface area contributed by atoms with Gasteiger partial charge in [-0.2, -0.15) is 0 Å². The first kappa shape index (κ1) is 34.4. The van der Waals surface area contributed by atoms with Crippen molar-refractivity contribution in [1.29, 1.82) is 0 Å². The third kappa shape index (κ3) is 6.23. The van der Waals surface area contributed by atoms with Gasteiger partial charge >= 0.3 is 0 Å². The van der Waals surface area contributed by atoms with Crippen molar-refractivity contribution in [3.63, 3.8) is 0 Å². The average Bonchev–Trinajstić information content (AvgIpc) is 3.74. The highest BCUT2D eigenvalue weighted by Gasteiger charge is 2.75. The van der Waals surface area contributed by atoms with E-state index in [1.165, 1.54) is 0 Å². The molecule has 3 aliphatic heterocycles. The van der Waals surface area contributed by atoms with Crippen LogP contribution in [-0.2, 0) is 25.5 Å². The van der Waals surface area contributed by atoms with Crippen molar-refractivity contribution in [2.45, 2.75) is 70.2 Å². The number of carbonyl (C=O) groups excluding carboxylic acids is 3. The predicted molar refractivity (Wildman–Crippen MR) is 185 cm³/mol. The standard InChI is InChI=1S/C38H50N4O5/c1-6-22-40(23-7-2)35(44)32-31-20-21-38(47-31)33(32)36(45)42(30(26-43)25-27-14-12-11-13-15-27)34(38)37(46)41(24-8-3)29-18-16-28(17-19-29)39(9-4)10-5/h6,8,11-19,30-34,43H,1,3,7,9-10,20-26H2,2,4-5H3/t30-,31-,32+,33+,34?,38?/m1/s1. The van der Waals surface area contributed by atoms with Crippen LogP contribution in [-0.4, -0.2) is 95.7 Å². The number of aliphatic hydroxyl groups excluding tert-OH is 1. The van der Waals surface area contributed by atoms with E-state index in [0.29, 0.717) is 38.0 Å². The van der Waals surface area contributed by atoms with Crippen LogP contribution in [0.25, 0.3) is 0 Å². The first-order valence-electron chi connectivity index (χ1n) is 17.1. The second-order valence-corrected chi connectivity index (χ2v) is 12.8. The molecule has 6 atom stereocenters. The van der Waals surface area contributed by atoms with Crippen LogP contribution in [0, 0.1) is 11.8 Å². The second-order valence-electron chi connectivity index (χ2n) is 12.8.